The molecular weight excluding hydrogens is 368 g/mol. The van der Waals surface area contributed by atoms with Crippen molar-refractivity contribution >= 4 is 29.1 Å². The molecule has 0 bridgehead atoms. The number of carbonyl (C=O) groups is 3. The zero-order valence-corrected chi connectivity index (χ0v) is 14.8. The first-order valence-corrected chi connectivity index (χ1v) is 8.40. The van der Waals surface area contributed by atoms with E-state index in [1.807, 2.05) is 0 Å². The molecule has 0 aromatic heterocycles. The summed E-state index contributed by atoms with van der Waals surface area (Å²) in [5.41, 5.74) is 0.0280. The van der Waals surface area contributed by atoms with E-state index in [0.717, 1.165) is 6.07 Å². The Balaban J connectivity index is 1.93. The SMILES string of the molecule is CNc1ccc(C(=O)c2ccccc2C(=O)O[C@H]2CCOC2=O)cc1[N+](=O)[O-]. The first-order valence-electron chi connectivity index (χ1n) is 8.40. The van der Waals surface area contributed by atoms with Gasteiger partial charge in [0.2, 0.25) is 6.10 Å². The number of ketones is 1. The smallest absolute Gasteiger partial charge is 0.347 e. The maximum absolute atomic E-state index is 12.9. The number of cyclic esters (lactones) is 1. The van der Waals surface area contributed by atoms with Gasteiger partial charge in [-0.3, -0.25) is 14.9 Å². The molecule has 1 atom stereocenters. The molecule has 9 heteroatoms. The number of rotatable bonds is 6. The number of ether oxygens (including phenoxy) is 2. The molecule has 28 heavy (non-hydrogen) atoms. The molecule has 144 valence electrons. The molecule has 0 unspecified atom stereocenters. The number of nitrogens with one attached hydrogen (secondary N) is 1. The minimum absolute atomic E-state index is 0.0189. The van der Waals surface area contributed by atoms with Crippen LogP contribution in [0.5, 0.6) is 0 Å². The summed E-state index contributed by atoms with van der Waals surface area (Å²) < 4.78 is 9.90. The van der Waals surface area contributed by atoms with E-state index in [4.69, 9.17) is 9.47 Å². The van der Waals surface area contributed by atoms with Crippen LogP contribution in [0.15, 0.2) is 42.5 Å². The number of benzene rings is 2. The van der Waals surface area contributed by atoms with Crippen LogP contribution in [0, 0.1) is 10.1 Å². The number of anilines is 1. The third-order valence-electron chi connectivity index (χ3n) is 4.25. The van der Waals surface area contributed by atoms with Gasteiger partial charge in [-0.05, 0) is 18.2 Å². The highest BCUT2D eigenvalue weighted by Gasteiger charge is 2.32. The van der Waals surface area contributed by atoms with Crippen molar-refractivity contribution in [2.24, 2.45) is 0 Å². The van der Waals surface area contributed by atoms with Crippen molar-refractivity contribution in [1.29, 1.82) is 0 Å². The molecule has 0 aliphatic carbocycles. The quantitative estimate of drug-likeness (QED) is 0.348. The van der Waals surface area contributed by atoms with E-state index < -0.39 is 28.7 Å². The van der Waals surface area contributed by atoms with Crippen LogP contribution < -0.4 is 5.32 Å². The lowest BCUT2D eigenvalue weighted by atomic mass is 9.97. The van der Waals surface area contributed by atoms with Crippen molar-refractivity contribution in [3.8, 4) is 0 Å². The van der Waals surface area contributed by atoms with Gasteiger partial charge in [-0.25, -0.2) is 9.59 Å². The summed E-state index contributed by atoms with van der Waals surface area (Å²) >= 11 is 0. The monoisotopic (exact) mass is 384 g/mol. The Morgan fingerprint density at radius 2 is 1.93 bits per heavy atom. The molecule has 1 aliphatic rings. The molecule has 0 saturated carbocycles. The highest BCUT2D eigenvalue weighted by Crippen LogP contribution is 2.27. The molecule has 2 aromatic carbocycles. The van der Waals surface area contributed by atoms with Crippen LogP contribution in [0.3, 0.4) is 0 Å². The summed E-state index contributed by atoms with van der Waals surface area (Å²) in [7, 11) is 1.53. The van der Waals surface area contributed by atoms with Gasteiger partial charge in [-0.1, -0.05) is 18.2 Å². The topological polar surface area (TPSA) is 125 Å². The average Bonchev–Trinajstić information content (AvgIpc) is 3.11. The average molecular weight is 384 g/mol. The first kappa shape index (κ1) is 19.0. The number of carbonyl (C=O) groups excluding carboxylic acids is 3. The Kier molecular flexibility index (Phi) is 5.35. The van der Waals surface area contributed by atoms with Crippen LogP contribution in [0.2, 0.25) is 0 Å². The molecule has 0 amide bonds. The fraction of sp³-hybridized carbons (Fsp3) is 0.211. The molecule has 3 rings (SSSR count). The summed E-state index contributed by atoms with van der Waals surface area (Å²) in [5, 5.41) is 13.9. The molecular formula is C19H16N2O7. The van der Waals surface area contributed by atoms with Crippen molar-refractivity contribution in [2.45, 2.75) is 12.5 Å². The Bertz CT molecular complexity index is 971. The summed E-state index contributed by atoms with van der Waals surface area (Å²) in [4.78, 5) is 47.5. The summed E-state index contributed by atoms with van der Waals surface area (Å²) in [6, 6.07) is 9.91. The van der Waals surface area contributed by atoms with E-state index in [2.05, 4.69) is 5.32 Å². The molecule has 1 fully saturated rings. The lowest BCUT2D eigenvalue weighted by Gasteiger charge is -2.11. The highest BCUT2D eigenvalue weighted by molar-refractivity contribution is 6.15. The predicted octanol–water partition coefficient (Wildman–Crippen LogP) is 2.34. The van der Waals surface area contributed by atoms with Crippen LogP contribution in [0.25, 0.3) is 0 Å². The van der Waals surface area contributed by atoms with Gasteiger partial charge in [0.15, 0.2) is 5.78 Å². The molecule has 2 aromatic rings. The normalized spacial score (nSPS) is 15.6. The maximum atomic E-state index is 12.9. The van der Waals surface area contributed by atoms with Gasteiger partial charge in [0, 0.05) is 30.7 Å². The number of hydrogen-bond donors (Lipinski definition) is 1. The van der Waals surface area contributed by atoms with Crippen LogP contribution in [0.1, 0.15) is 32.7 Å². The van der Waals surface area contributed by atoms with E-state index in [1.165, 1.54) is 31.3 Å². The third kappa shape index (κ3) is 3.68. The minimum Gasteiger partial charge on any atom is -0.463 e. The molecule has 1 aliphatic heterocycles. The van der Waals surface area contributed by atoms with Gasteiger partial charge in [-0.2, -0.15) is 0 Å². The largest absolute Gasteiger partial charge is 0.463 e. The fourth-order valence-corrected chi connectivity index (χ4v) is 2.83. The van der Waals surface area contributed by atoms with Crippen LogP contribution in [0.4, 0.5) is 11.4 Å². The van der Waals surface area contributed by atoms with Crippen molar-refractivity contribution in [3.63, 3.8) is 0 Å². The van der Waals surface area contributed by atoms with E-state index in [1.54, 1.807) is 12.1 Å². The van der Waals surface area contributed by atoms with E-state index in [0.29, 0.717) is 0 Å². The molecule has 1 heterocycles. The molecule has 0 spiro atoms. The van der Waals surface area contributed by atoms with Gasteiger partial charge in [-0.15, -0.1) is 0 Å². The Morgan fingerprint density at radius 3 is 2.54 bits per heavy atom. The predicted molar refractivity (Wildman–Crippen MR) is 97.3 cm³/mol. The van der Waals surface area contributed by atoms with E-state index in [9.17, 15) is 24.5 Å². The van der Waals surface area contributed by atoms with Crippen molar-refractivity contribution in [2.75, 3.05) is 19.0 Å². The second kappa shape index (κ2) is 7.87. The second-order valence-electron chi connectivity index (χ2n) is 5.96. The number of hydrogen-bond acceptors (Lipinski definition) is 8. The number of nitrogens with zero attached hydrogens (tertiary/aromatic N) is 1. The third-order valence-corrected chi connectivity index (χ3v) is 4.25. The number of nitro groups is 1. The second-order valence-corrected chi connectivity index (χ2v) is 5.96. The molecule has 9 nitrogen and oxygen atoms in total. The van der Waals surface area contributed by atoms with Gasteiger partial charge < -0.3 is 14.8 Å². The van der Waals surface area contributed by atoms with Gasteiger partial charge in [0.1, 0.15) is 5.69 Å². The first-order chi connectivity index (χ1) is 13.4. The van der Waals surface area contributed by atoms with Crippen molar-refractivity contribution in [3.05, 3.63) is 69.3 Å². The molecule has 1 N–H and O–H groups in total. The highest BCUT2D eigenvalue weighted by atomic mass is 16.6. The van der Waals surface area contributed by atoms with Gasteiger partial charge in [0.25, 0.3) is 5.69 Å². The summed E-state index contributed by atoms with van der Waals surface area (Å²) in [6.07, 6.45) is -0.759. The minimum atomic E-state index is -1.01. The lowest BCUT2D eigenvalue weighted by molar-refractivity contribution is -0.384. The standard InChI is InChI=1S/C19H16N2O7/c1-20-14-7-6-11(10-15(14)21(25)26)17(22)12-4-2-3-5-13(12)18(23)28-16-8-9-27-19(16)24/h2-7,10,16,20H,8-9H2,1H3/t16-/m0/s1. The van der Waals surface area contributed by atoms with Gasteiger partial charge in [0.05, 0.1) is 17.1 Å². The fourth-order valence-electron chi connectivity index (χ4n) is 2.83. The summed E-state index contributed by atoms with van der Waals surface area (Å²) in [6.45, 7) is 0.166. The molecule has 1 saturated heterocycles. The zero-order valence-electron chi connectivity index (χ0n) is 14.8. The molecule has 0 radical (unpaired) electrons. The van der Waals surface area contributed by atoms with Crippen LogP contribution >= 0.6 is 0 Å². The Labute approximate surface area is 159 Å². The maximum Gasteiger partial charge on any atom is 0.347 e. The van der Waals surface area contributed by atoms with Crippen molar-refractivity contribution in [1.82, 2.24) is 0 Å². The number of esters is 2. The van der Waals surface area contributed by atoms with E-state index in [-0.39, 0.29) is 41.1 Å². The van der Waals surface area contributed by atoms with Crippen LogP contribution in [-0.2, 0) is 14.3 Å². The Morgan fingerprint density at radius 1 is 1.21 bits per heavy atom. The van der Waals surface area contributed by atoms with E-state index >= 15 is 0 Å². The number of nitro benzene ring substituents is 1. The Hall–Kier alpha value is -3.75. The van der Waals surface area contributed by atoms with Crippen molar-refractivity contribution < 1.29 is 28.8 Å². The van der Waals surface area contributed by atoms with Gasteiger partial charge >= 0.3 is 11.9 Å². The summed E-state index contributed by atoms with van der Waals surface area (Å²) in [5.74, 6) is -2.04. The van der Waals surface area contributed by atoms with Crippen LogP contribution in [-0.4, -0.2) is 42.4 Å². The lowest BCUT2D eigenvalue weighted by Crippen LogP contribution is -2.24. The zero-order chi connectivity index (χ0) is 20.3.